The number of halogens is 3. The smallest absolute Gasteiger partial charge is 0.396 e. The van der Waals surface area contributed by atoms with Gasteiger partial charge in [0.15, 0.2) is 0 Å². The first kappa shape index (κ1) is 28.0. The summed E-state index contributed by atoms with van der Waals surface area (Å²) < 4.78 is 52.9. The third kappa shape index (κ3) is 9.08. The summed E-state index contributed by atoms with van der Waals surface area (Å²) in [5.74, 6) is -1.61. The summed E-state index contributed by atoms with van der Waals surface area (Å²) in [6.45, 7) is 2.71. The predicted molar refractivity (Wildman–Crippen MR) is 124 cm³/mol. The minimum Gasteiger partial charge on any atom is -0.396 e. The number of nitrogens with zero attached hydrogens (tertiary/aromatic N) is 4. The number of benzene rings is 1. The molecule has 0 aliphatic rings. The lowest BCUT2D eigenvalue weighted by Crippen LogP contribution is -2.24. The highest BCUT2D eigenvalue weighted by atomic mass is 19.4. The van der Waals surface area contributed by atoms with E-state index in [0.29, 0.717) is 62.8 Å². The van der Waals surface area contributed by atoms with Crippen LogP contribution >= 0.6 is 0 Å². The maximum Gasteiger partial charge on any atom is 0.471 e. The molecule has 200 valence electrons. The van der Waals surface area contributed by atoms with Crippen LogP contribution in [0.3, 0.4) is 0 Å². The van der Waals surface area contributed by atoms with Crippen LogP contribution in [0.4, 0.5) is 19.0 Å². The Morgan fingerprint density at radius 3 is 2.46 bits per heavy atom. The average Bonchev–Trinajstić information content (AvgIpc) is 3.40. The van der Waals surface area contributed by atoms with Gasteiger partial charge in [-0.1, -0.05) is 29.4 Å². The van der Waals surface area contributed by atoms with Crippen molar-refractivity contribution in [2.75, 3.05) is 44.9 Å². The minimum absolute atomic E-state index is 0.100. The fraction of sp³-hybridized carbons (Fsp3) is 0.435. The fourth-order valence-electron chi connectivity index (χ4n) is 3.01. The Labute approximate surface area is 210 Å². The first-order chi connectivity index (χ1) is 17.9. The molecule has 0 saturated heterocycles. The van der Waals surface area contributed by atoms with Gasteiger partial charge in [-0.25, -0.2) is 9.97 Å². The number of nitrogens with one attached hydrogen (secondary N) is 2. The van der Waals surface area contributed by atoms with E-state index in [-0.39, 0.29) is 24.5 Å². The summed E-state index contributed by atoms with van der Waals surface area (Å²) in [5.41, 5.74) is 1.32. The zero-order chi connectivity index (χ0) is 26.5. The molecule has 1 amide bonds. The van der Waals surface area contributed by atoms with E-state index in [1.165, 1.54) is 24.7 Å². The average molecular weight is 525 g/mol. The number of aromatic nitrogens is 4. The second kappa shape index (κ2) is 14.2. The van der Waals surface area contributed by atoms with E-state index in [1.807, 2.05) is 0 Å². The Balaban J connectivity index is 1.43. The van der Waals surface area contributed by atoms with E-state index < -0.39 is 18.0 Å². The lowest BCUT2D eigenvalue weighted by atomic mass is 10.1. The van der Waals surface area contributed by atoms with Gasteiger partial charge in [0.2, 0.25) is 5.82 Å². The van der Waals surface area contributed by atoms with Gasteiger partial charge in [-0.3, -0.25) is 4.79 Å². The number of anilines is 1. The van der Waals surface area contributed by atoms with Crippen LogP contribution in [-0.2, 0) is 22.2 Å². The third-order valence-electron chi connectivity index (χ3n) is 4.87. The van der Waals surface area contributed by atoms with Crippen LogP contribution in [0, 0.1) is 0 Å². The van der Waals surface area contributed by atoms with Crippen molar-refractivity contribution in [2.24, 2.45) is 0 Å². The van der Waals surface area contributed by atoms with Crippen molar-refractivity contribution < 1.29 is 37.1 Å². The molecule has 37 heavy (non-hydrogen) atoms. The Morgan fingerprint density at radius 1 is 1.05 bits per heavy atom. The number of hydrogen-bond donors (Lipinski definition) is 3. The Kier molecular flexibility index (Phi) is 10.7. The summed E-state index contributed by atoms with van der Waals surface area (Å²) in [4.78, 5) is 24.1. The summed E-state index contributed by atoms with van der Waals surface area (Å²) in [7, 11) is 0. The normalized spacial score (nSPS) is 11.5. The monoisotopic (exact) mass is 524 g/mol. The number of carbonyl (C=O) groups is 1. The van der Waals surface area contributed by atoms with E-state index >= 15 is 0 Å². The van der Waals surface area contributed by atoms with E-state index in [9.17, 15) is 18.0 Å². The number of alkyl halides is 3. The first-order valence-corrected chi connectivity index (χ1v) is 11.5. The van der Waals surface area contributed by atoms with Gasteiger partial charge < -0.3 is 29.7 Å². The van der Waals surface area contributed by atoms with Crippen molar-refractivity contribution in [3.05, 3.63) is 53.8 Å². The van der Waals surface area contributed by atoms with Crippen LogP contribution < -0.4 is 10.6 Å². The molecule has 0 fully saturated rings. The fourth-order valence-corrected chi connectivity index (χ4v) is 3.01. The highest BCUT2D eigenvalue weighted by molar-refractivity contribution is 5.98. The van der Waals surface area contributed by atoms with Crippen molar-refractivity contribution in [2.45, 2.75) is 25.6 Å². The van der Waals surface area contributed by atoms with E-state index in [2.05, 4.69) is 35.3 Å². The van der Waals surface area contributed by atoms with Crippen LogP contribution in [0.5, 0.6) is 0 Å². The van der Waals surface area contributed by atoms with Crippen molar-refractivity contribution in [1.82, 2.24) is 25.4 Å². The molecule has 11 nitrogen and oxygen atoms in total. The molecule has 2 heterocycles. The molecular weight excluding hydrogens is 497 g/mol. The van der Waals surface area contributed by atoms with Crippen molar-refractivity contribution in [1.29, 1.82) is 0 Å². The molecule has 0 bridgehead atoms. The molecule has 2 aromatic heterocycles. The lowest BCUT2D eigenvalue weighted by molar-refractivity contribution is -0.159. The van der Waals surface area contributed by atoms with Crippen LogP contribution in [-0.4, -0.2) is 70.7 Å². The third-order valence-corrected chi connectivity index (χ3v) is 4.87. The van der Waals surface area contributed by atoms with Gasteiger partial charge in [0.25, 0.3) is 5.91 Å². The van der Waals surface area contributed by atoms with Gasteiger partial charge >= 0.3 is 12.1 Å². The Hall–Kier alpha value is -3.62. The summed E-state index contributed by atoms with van der Waals surface area (Å²) in [5, 5.41) is 17.9. The number of ether oxygens (including phenoxy) is 2. The molecular formula is C23H27F3N6O5. The number of amides is 1. The number of hydrogen-bond acceptors (Lipinski definition) is 10. The highest BCUT2D eigenvalue weighted by Crippen LogP contribution is 2.29. The zero-order valence-electron chi connectivity index (χ0n) is 19.8. The Morgan fingerprint density at radius 2 is 1.78 bits per heavy atom. The predicted octanol–water partition coefficient (Wildman–Crippen LogP) is 2.69. The molecule has 3 N–H and O–H groups in total. The topological polar surface area (TPSA) is 145 Å². The molecule has 14 heteroatoms. The van der Waals surface area contributed by atoms with Crippen molar-refractivity contribution in [3.63, 3.8) is 0 Å². The minimum atomic E-state index is -4.71. The van der Waals surface area contributed by atoms with E-state index in [1.54, 1.807) is 12.1 Å². The second-order valence-electron chi connectivity index (χ2n) is 7.67. The number of carbonyl (C=O) groups excluding carboxylic acids is 1. The SMILES string of the molecule is O=C(NCc1ccc(-c2noc(C(F)(F)F)n2)cc1)c1cncnc1NCCCOCCOCCCO. The van der Waals surface area contributed by atoms with Gasteiger partial charge in [0.1, 0.15) is 12.1 Å². The first-order valence-electron chi connectivity index (χ1n) is 11.5. The maximum absolute atomic E-state index is 12.7. The van der Waals surface area contributed by atoms with Crippen LogP contribution in [0.15, 0.2) is 41.3 Å². The molecule has 0 saturated carbocycles. The van der Waals surface area contributed by atoms with Gasteiger partial charge in [-0.05, 0) is 18.4 Å². The van der Waals surface area contributed by atoms with E-state index in [4.69, 9.17) is 14.6 Å². The van der Waals surface area contributed by atoms with Gasteiger partial charge in [-0.2, -0.15) is 18.2 Å². The lowest BCUT2D eigenvalue weighted by Gasteiger charge is -2.11. The molecule has 0 aliphatic carbocycles. The molecule has 3 rings (SSSR count). The molecule has 3 aromatic rings. The summed E-state index contributed by atoms with van der Waals surface area (Å²) in [6, 6.07) is 6.35. The van der Waals surface area contributed by atoms with Crippen molar-refractivity contribution >= 4 is 11.7 Å². The molecule has 0 unspecified atom stereocenters. The summed E-state index contributed by atoms with van der Waals surface area (Å²) in [6.07, 6.45) is -0.697. The van der Waals surface area contributed by atoms with Gasteiger partial charge in [0, 0.05) is 44.7 Å². The van der Waals surface area contributed by atoms with Gasteiger partial charge in [-0.15, -0.1) is 0 Å². The quantitative estimate of drug-likeness (QED) is 0.254. The zero-order valence-corrected chi connectivity index (χ0v) is 19.8. The standard InChI is InChI=1S/C23H27F3N6O5/c24-23(25,26)22-31-19(32-37-22)17-5-3-16(4-6-17)13-29-21(34)18-14-27-15-30-20(18)28-7-1-9-35-11-12-36-10-2-8-33/h3-6,14-15,33H,1-2,7-13H2,(H,29,34)(H,27,28,30). The molecule has 0 aliphatic heterocycles. The maximum atomic E-state index is 12.7. The van der Waals surface area contributed by atoms with Crippen LogP contribution in [0.1, 0.15) is 34.7 Å². The molecule has 0 radical (unpaired) electrons. The highest BCUT2D eigenvalue weighted by Gasteiger charge is 2.38. The summed E-state index contributed by atoms with van der Waals surface area (Å²) >= 11 is 0. The second-order valence-corrected chi connectivity index (χ2v) is 7.67. The Bertz CT molecular complexity index is 1110. The van der Waals surface area contributed by atoms with Gasteiger partial charge in [0.05, 0.1) is 18.8 Å². The molecule has 0 atom stereocenters. The number of rotatable bonds is 15. The largest absolute Gasteiger partial charge is 0.471 e. The number of aliphatic hydroxyl groups is 1. The van der Waals surface area contributed by atoms with Crippen LogP contribution in [0.2, 0.25) is 0 Å². The molecule has 0 spiro atoms. The van der Waals surface area contributed by atoms with Crippen molar-refractivity contribution in [3.8, 4) is 11.4 Å². The number of aliphatic hydroxyl groups excluding tert-OH is 1. The molecule has 1 aromatic carbocycles. The van der Waals surface area contributed by atoms with Crippen LogP contribution in [0.25, 0.3) is 11.4 Å². The van der Waals surface area contributed by atoms with E-state index in [0.717, 1.165) is 0 Å².